The van der Waals surface area contributed by atoms with Crippen molar-refractivity contribution in [3.63, 3.8) is 0 Å². The molecule has 1 heterocycles. The van der Waals surface area contributed by atoms with Crippen molar-refractivity contribution in [3.8, 4) is 0 Å². The van der Waals surface area contributed by atoms with Gasteiger partial charge >= 0.3 is 0 Å². The SMILES string of the molecule is CCCNC(CO)(CN1CCC(C)CC1C)C1CC1. The standard InChI is InChI=1S/C16H32N2O/c1-4-8-17-16(12-19,15-5-6-15)11-18-9-7-13(2)10-14(18)3/h13-15,17,19H,4-12H2,1-3H3. The second-order valence-electron chi connectivity index (χ2n) is 6.96. The highest BCUT2D eigenvalue weighted by Gasteiger charge is 2.46. The van der Waals surface area contributed by atoms with E-state index in [4.69, 9.17) is 0 Å². The fraction of sp³-hybridized carbons (Fsp3) is 1.00. The molecule has 1 aliphatic heterocycles. The number of aliphatic hydroxyl groups excluding tert-OH is 1. The first-order valence-electron chi connectivity index (χ1n) is 8.21. The highest BCUT2D eigenvalue weighted by atomic mass is 16.3. The third-order valence-electron chi connectivity index (χ3n) is 5.13. The summed E-state index contributed by atoms with van der Waals surface area (Å²) in [6.45, 7) is 10.5. The molecule has 0 bridgehead atoms. The van der Waals surface area contributed by atoms with Crippen LogP contribution in [-0.2, 0) is 0 Å². The molecule has 0 aromatic rings. The van der Waals surface area contributed by atoms with Crippen molar-refractivity contribution in [2.24, 2.45) is 11.8 Å². The Morgan fingerprint density at radius 2 is 2.00 bits per heavy atom. The van der Waals surface area contributed by atoms with E-state index in [0.29, 0.717) is 12.0 Å². The highest BCUT2D eigenvalue weighted by molar-refractivity contribution is 5.03. The van der Waals surface area contributed by atoms with Gasteiger partial charge in [-0.15, -0.1) is 0 Å². The Kier molecular flexibility index (Phi) is 5.27. The summed E-state index contributed by atoms with van der Waals surface area (Å²) < 4.78 is 0. The maximum absolute atomic E-state index is 9.99. The fourth-order valence-electron chi connectivity index (χ4n) is 3.63. The van der Waals surface area contributed by atoms with Crippen molar-refractivity contribution < 1.29 is 5.11 Å². The molecule has 3 unspecified atom stereocenters. The summed E-state index contributed by atoms with van der Waals surface area (Å²) in [4.78, 5) is 2.61. The predicted molar refractivity (Wildman–Crippen MR) is 80.3 cm³/mol. The molecule has 2 aliphatic rings. The Hall–Kier alpha value is -0.120. The minimum absolute atomic E-state index is 0.0369. The number of hydrogen-bond acceptors (Lipinski definition) is 3. The maximum Gasteiger partial charge on any atom is 0.0628 e. The minimum atomic E-state index is -0.0369. The van der Waals surface area contributed by atoms with Crippen LogP contribution in [0.3, 0.4) is 0 Å². The van der Waals surface area contributed by atoms with E-state index in [9.17, 15) is 5.11 Å². The van der Waals surface area contributed by atoms with Crippen molar-refractivity contribution >= 4 is 0 Å². The number of aliphatic hydroxyl groups is 1. The zero-order valence-corrected chi connectivity index (χ0v) is 13.0. The molecule has 1 aliphatic carbocycles. The molecule has 0 spiro atoms. The average molecular weight is 268 g/mol. The van der Waals surface area contributed by atoms with Gasteiger partial charge in [-0.25, -0.2) is 0 Å². The van der Waals surface area contributed by atoms with Gasteiger partial charge < -0.3 is 10.4 Å². The van der Waals surface area contributed by atoms with Crippen LogP contribution in [0.5, 0.6) is 0 Å². The smallest absolute Gasteiger partial charge is 0.0628 e. The average Bonchev–Trinajstić information content (AvgIpc) is 3.22. The molecular formula is C16H32N2O. The summed E-state index contributed by atoms with van der Waals surface area (Å²) in [5.74, 6) is 1.55. The van der Waals surface area contributed by atoms with Gasteiger partial charge in [0.1, 0.15) is 0 Å². The molecule has 0 aromatic heterocycles. The van der Waals surface area contributed by atoms with Crippen molar-refractivity contribution in [3.05, 3.63) is 0 Å². The number of likely N-dealkylation sites (tertiary alicyclic amines) is 1. The van der Waals surface area contributed by atoms with Crippen LogP contribution in [-0.4, -0.2) is 47.8 Å². The molecule has 3 heteroatoms. The molecule has 2 N–H and O–H groups in total. The molecule has 2 fully saturated rings. The Morgan fingerprint density at radius 3 is 2.53 bits per heavy atom. The molecule has 0 radical (unpaired) electrons. The summed E-state index contributed by atoms with van der Waals surface area (Å²) in [7, 11) is 0. The molecule has 0 amide bonds. The zero-order chi connectivity index (χ0) is 13.9. The number of nitrogens with one attached hydrogen (secondary N) is 1. The van der Waals surface area contributed by atoms with Crippen LogP contribution in [0.1, 0.15) is 52.9 Å². The lowest BCUT2D eigenvalue weighted by atomic mass is 9.88. The van der Waals surface area contributed by atoms with Gasteiger partial charge in [0.2, 0.25) is 0 Å². The third-order valence-corrected chi connectivity index (χ3v) is 5.13. The van der Waals surface area contributed by atoms with Crippen molar-refractivity contribution in [1.82, 2.24) is 10.2 Å². The van der Waals surface area contributed by atoms with Crippen molar-refractivity contribution in [1.29, 1.82) is 0 Å². The van der Waals surface area contributed by atoms with E-state index in [1.54, 1.807) is 0 Å². The van der Waals surface area contributed by atoms with Gasteiger partial charge in [-0.1, -0.05) is 13.8 Å². The van der Waals surface area contributed by atoms with Crippen molar-refractivity contribution in [2.75, 3.05) is 26.2 Å². The van der Waals surface area contributed by atoms with E-state index >= 15 is 0 Å². The third kappa shape index (κ3) is 3.71. The number of hydrogen-bond donors (Lipinski definition) is 2. The molecular weight excluding hydrogens is 236 g/mol. The van der Waals surface area contributed by atoms with Crippen LogP contribution in [0.15, 0.2) is 0 Å². The summed E-state index contributed by atoms with van der Waals surface area (Å²) in [5.41, 5.74) is -0.0369. The monoisotopic (exact) mass is 268 g/mol. The number of rotatable bonds is 7. The normalized spacial score (nSPS) is 32.2. The predicted octanol–water partition coefficient (Wildman–Crippen LogP) is 2.25. The first-order valence-corrected chi connectivity index (χ1v) is 8.21. The highest BCUT2D eigenvalue weighted by Crippen LogP contribution is 2.41. The largest absolute Gasteiger partial charge is 0.394 e. The Morgan fingerprint density at radius 1 is 1.26 bits per heavy atom. The van der Waals surface area contributed by atoms with Crippen LogP contribution < -0.4 is 5.32 Å². The number of piperidine rings is 1. The first kappa shape index (κ1) is 15.3. The molecule has 1 saturated heterocycles. The van der Waals surface area contributed by atoms with E-state index in [1.165, 1.54) is 32.2 Å². The molecule has 0 aromatic carbocycles. The van der Waals surface area contributed by atoms with E-state index in [1.807, 2.05) is 0 Å². The summed E-state index contributed by atoms with van der Waals surface area (Å²) in [6.07, 6.45) is 6.33. The van der Waals surface area contributed by atoms with Crippen LogP contribution in [0, 0.1) is 11.8 Å². The summed E-state index contributed by atoms with van der Waals surface area (Å²) in [5, 5.41) is 13.7. The second kappa shape index (κ2) is 6.55. The Labute approximate surface area is 118 Å². The summed E-state index contributed by atoms with van der Waals surface area (Å²) in [6, 6.07) is 0.664. The van der Waals surface area contributed by atoms with Gasteiger partial charge in [0.05, 0.1) is 12.1 Å². The Balaban J connectivity index is 1.98. The van der Waals surface area contributed by atoms with Gasteiger partial charge in [-0.2, -0.15) is 0 Å². The van der Waals surface area contributed by atoms with Gasteiger partial charge in [0, 0.05) is 12.6 Å². The molecule has 3 nitrogen and oxygen atoms in total. The van der Waals surface area contributed by atoms with E-state index in [2.05, 4.69) is 31.0 Å². The molecule has 19 heavy (non-hydrogen) atoms. The Bertz CT molecular complexity index is 280. The van der Waals surface area contributed by atoms with Gasteiger partial charge in [-0.05, 0) is 64.0 Å². The molecule has 3 atom stereocenters. The molecule has 1 saturated carbocycles. The van der Waals surface area contributed by atoms with Crippen LogP contribution in [0.25, 0.3) is 0 Å². The maximum atomic E-state index is 9.99. The lowest BCUT2D eigenvalue weighted by molar-refractivity contribution is 0.0482. The first-order chi connectivity index (χ1) is 9.11. The van der Waals surface area contributed by atoms with Gasteiger partial charge in [-0.3, -0.25) is 4.90 Å². The zero-order valence-electron chi connectivity index (χ0n) is 13.0. The fourth-order valence-corrected chi connectivity index (χ4v) is 3.63. The minimum Gasteiger partial charge on any atom is -0.394 e. The van der Waals surface area contributed by atoms with Gasteiger partial charge in [0.15, 0.2) is 0 Å². The summed E-state index contributed by atoms with van der Waals surface area (Å²) >= 11 is 0. The molecule has 112 valence electrons. The topological polar surface area (TPSA) is 35.5 Å². The number of nitrogens with zero attached hydrogens (tertiary/aromatic N) is 1. The van der Waals surface area contributed by atoms with E-state index < -0.39 is 0 Å². The second-order valence-corrected chi connectivity index (χ2v) is 6.96. The van der Waals surface area contributed by atoms with Crippen LogP contribution in [0.4, 0.5) is 0 Å². The van der Waals surface area contributed by atoms with E-state index in [0.717, 1.165) is 25.4 Å². The van der Waals surface area contributed by atoms with Crippen LogP contribution >= 0.6 is 0 Å². The molecule has 2 rings (SSSR count). The quantitative estimate of drug-likeness (QED) is 0.743. The van der Waals surface area contributed by atoms with E-state index in [-0.39, 0.29) is 12.1 Å². The van der Waals surface area contributed by atoms with Crippen molar-refractivity contribution in [2.45, 2.75) is 64.5 Å². The van der Waals surface area contributed by atoms with Crippen LogP contribution in [0.2, 0.25) is 0 Å². The lowest BCUT2D eigenvalue weighted by Crippen LogP contribution is -2.60. The van der Waals surface area contributed by atoms with Gasteiger partial charge in [0.25, 0.3) is 0 Å². The lowest BCUT2D eigenvalue weighted by Gasteiger charge is -2.44.